The molecule has 0 spiro atoms. The van der Waals surface area contributed by atoms with E-state index < -0.39 is 0 Å². The first-order valence-electron chi connectivity index (χ1n) is 9.83. The Morgan fingerprint density at radius 3 is 2.61 bits per heavy atom. The highest BCUT2D eigenvalue weighted by Gasteiger charge is 2.22. The van der Waals surface area contributed by atoms with Crippen LogP contribution in [0.5, 0.6) is 11.5 Å². The molecule has 1 N–H and O–H groups in total. The Morgan fingerprint density at radius 1 is 1.07 bits per heavy atom. The third-order valence-electron chi connectivity index (χ3n) is 4.90. The van der Waals surface area contributed by atoms with Crippen LogP contribution in [0.4, 0.5) is 10.5 Å². The van der Waals surface area contributed by atoms with Gasteiger partial charge in [-0.25, -0.2) is 4.79 Å². The number of piperazine rings is 1. The molecular formula is C22H29N3O3. The van der Waals surface area contributed by atoms with Gasteiger partial charge in [-0.2, -0.15) is 0 Å². The number of nitrogens with zero attached hydrogens (tertiary/aromatic N) is 2. The van der Waals surface area contributed by atoms with Gasteiger partial charge in [0.25, 0.3) is 0 Å². The van der Waals surface area contributed by atoms with Gasteiger partial charge in [-0.15, -0.1) is 0 Å². The van der Waals surface area contributed by atoms with Gasteiger partial charge in [-0.05, 0) is 43.2 Å². The largest absolute Gasteiger partial charge is 0.497 e. The summed E-state index contributed by atoms with van der Waals surface area (Å²) in [6, 6.07) is 16.0. The van der Waals surface area contributed by atoms with Crippen molar-refractivity contribution in [1.82, 2.24) is 10.2 Å². The molecule has 28 heavy (non-hydrogen) atoms. The summed E-state index contributed by atoms with van der Waals surface area (Å²) in [4.78, 5) is 16.6. The Morgan fingerprint density at radius 2 is 1.86 bits per heavy atom. The third kappa shape index (κ3) is 5.09. The maximum atomic E-state index is 12.5. The summed E-state index contributed by atoms with van der Waals surface area (Å²) >= 11 is 0. The number of methoxy groups -OCH3 is 1. The quantitative estimate of drug-likeness (QED) is 0.798. The molecule has 0 saturated carbocycles. The number of hydrogen-bond donors (Lipinski definition) is 1. The number of hydrogen-bond acceptors (Lipinski definition) is 4. The first kappa shape index (κ1) is 19.9. The predicted octanol–water partition coefficient (Wildman–Crippen LogP) is 3.17. The molecule has 1 aliphatic rings. The average molecular weight is 383 g/mol. The van der Waals surface area contributed by atoms with Gasteiger partial charge in [-0.1, -0.05) is 24.3 Å². The van der Waals surface area contributed by atoms with Crippen LogP contribution in [0.3, 0.4) is 0 Å². The summed E-state index contributed by atoms with van der Waals surface area (Å²) in [5.74, 6) is 1.74. The molecular weight excluding hydrogens is 354 g/mol. The Balaban J connectivity index is 1.46. The first-order chi connectivity index (χ1) is 13.7. The van der Waals surface area contributed by atoms with Crippen LogP contribution in [0, 0.1) is 0 Å². The smallest absolute Gasteiger partial charge is 0.317 e. The van der Waals surface area contributed by atoms with Crippen LogP contribution < -0.4 is 19.7 Å². The maximum Gasteiger partial charge on any atom is 0.317 e. The van der Waals surface area contributed by atoms with Crippen molar-refractivity contribution < 1.29 is 14.3 Å². The van der Waals surface area contributed by atoms with Crippen molar-refractivity contribution in [3.8, 4) is 11.5 Å². The molecule has 0 aliphatic carbocycles. The topological polar surface area (TPSA) is 54.0 Å². The van der Waals surface area contributed by atoms with E-state index in [9.17, 15) is 4.79 Å². The van der Waals surface area contributed by atoms with E-state index >= 15 is 0 Å². The number of benzene rings is 2. The minimum Gasteiger partial charge on any atom is -0.497 e. The lowest BCUT2D eigenvalue weighted by Gasteiger charge is -2.36. The molecule has 1 saturated heterocycles. The number of urea groups is 1. The highest BCUT2D eigenvalue weighted by atomic mass is 16.5. The van der Waals surface area contributed by atoms with Crippen LogP contribution in [0.1, 0.15) is 12.5 Å². The van der Waals surface area contributed by atoms with Crippen molar-refractivity contribution in [3.05, 3.63) is 54.1 Å². The van der Waals surface area contributed by atoms with Crippen molar-refractivity contribution in [1.29, 1.82) is 0 Å². The second-order valence-corrected chi connectivity index (χ2v) is 6.71. The Kier molecular flexibility index (Phi) is 7.00. The number of carbonyl (C=O) groups is 1. The van der Waals surface area contributed by atoms with Gasteiger partial charge in [0, 0.05) is 32.7 Å². The molecule has 0 atom stereocenters. The molecule has 1 fully saturated rings. The minimum absolute atomic E-state index is 0.000592. The van der Waals surface area contributed by atoms with Crippen molar-refractivity contribution in [2.75, 3.05) is 51.3 Å². The van der Waals surface area contributed by atoms with Crippen LogP contribution in [-0.2, 0) is 6.42 Å². The van der Waals surface area contributed by atoms with Crippen molar-refractivity contribution in [3.63, 3.8) is 0 Å². The zero-order chi connectivity index (χ0) is 19.8. The summed E-state index contributed by atoms with van der Waals surface area (Å²) in [7, 11) is 1.66. The van der Waals surface area contributed by atoms with E-state index in [0.717, 1.165) is 42.3 Å². The third-order valence-corrected chi connectivity index (χ3v) is 4.90. The van der Waals surface area contributed by atoms with E-state index in [1.54, 1.807) is 7.11 Å². The molecule has 1 heterocycles. The van der Waals surface area contributed by atoms with Gasteiger partial charge in [0.2, 0.25) is 0 Å². The van der Waals surface area contributed by atoms with E-state index in [-0.39, 0.29) is 6.03 Å². The molecule has 0 unspecified atom stereocenters. The molecule has 1 aliphatic heterocycles. The van der Waals surface area contributed by atoms with Gasteiger partial charge in [0.1, 0.15) is 11.5 Å². The van der Waals surface area contributed by atoms with Crippen LogP contribution in [0.2, 0.25) is 0 Å². The Hall–Kier alpha value is -2.89. The monoisotopic (exact) mass is 383 g/mol. The second kappa shape index (κ2) is 9.88. The van der Waals surface area contributed by atoms with Crippen LogP contribution in [0.25, 0.3) is 0 Å². The molecule has 6 nitrogen and oxygen atoms in total. The number of anilines is 1. The lowest BCUT2D eigenvalue weighted by Crippen LogP contribution is -2.52. The van der Waals surface area contributed by atoms with Crippen LogP contribution >= 0.6 is 0 Å². The van der Waals surface area contributed by atoms with E-state index in [2.05, 4.69) is 16.3 Å². The van der Waals surface area contributed by atoms with Crippen molar-refractivity contribution in [2.24, 2.45) is 0 Å². The van der Waals surface area contributed by atoms with Crippen molar-refractivity contribution >= 4 is 11.7 Å². The number of nitrogens with one attached hydrogen (secondary N) is 1. The zero-order valence-corrected chi connectivity index (χ0v) is 16.7. The minimum atomic E-state index is 0.000592. The van der Waals surface area contributed by atoms with Crippen LogP contribution in [0.15, 0.2) is 48.5 Å². The molecule has 150 valence electrons. The van der Waals surface area contributed by atoms with Crippen LogP contribution in [-0.4, -0.2) is 57.4 Å². The highest BCUT2D eigenvalue weighted by Crippen LogP contribution is 2.28. The molecule has 6 heteroatoms. The fourth-order valence-electron chi connectivity index (χ4n) is 3.40. The van der Waals surface area contributed by atoms with E-state index in [4.69, 9.17) is 9.47 Å². The molecule has 2 amide bonds. The molecule has 2 aromatic carbocycles. The van der Waals surface area contributed by atoms with Gasteiger partial charge in [0.05, 0.1) is 19.4 Å². The molecule has 3 rings (SSSR count). The molecule has 0 radical (unpaired) electrons. The molecule has 2 aromatic rings. The van der Waals surface area contributed by atoms with Gasteiger partial charge < -0.3 is 24.6 Å². The number of carbonyl (C=O) groups excluding carboxylic acids is 1. The summed E-state index contributed by atoms with van der Waals surface area (Å²) < 4.78 is 11.0. The maximum absolute atomic E-state index is 12.5. The van der Waals surface area contributed by atoms with E-state index in [1.165, 1.54) is 0 Å². The average Bonchev–Trinajstić information content (AvgIpc) is 2.74. The Bertz CT molecular complexity index is 773. The fraction of sp³-hybridized carbons (Fsp3) is 0.409. The van der Waals surface area contributed by atoms with Crippen molar-refractivity contribution in [2.45, 2.75) is 13.3 Å². The lowest BCUT2D eigenvalue weighted by atomic mass is 10.1. The second-order valence-electron chi connectivity index (χ2n) is 6.71. The summed E-state index contributed by atoms with van der Waals surface area (Å²) in [5.41, 5.74) is 2.25. The molecule has 0 aromatic heterocycles. The molecule has 0 bridgehead atoms. The van der Waals surface area contributed by atoms with E-state index in [0.29, 0.717) is 26.2 Å². The Labute approximate surface area is 167 Å². The fourth-order valence-corrected chi connectivity index (χ4v) is 3.40. The highest BCUT2D eigenvalue weighted by molar-refractivity contribution is 5.74. The summed E-state index contributed by atoms with van der Waals surface area (Å²) in [6.45, 7) is 6.24. The summed E-state index contributed by atoms with van der Waals surface area (Å²) in [6.07, 6.45) is 0.782. The summed E-state index contributed by atoms with van der Waals surface area (Å²) in [5, 5.41) is 3.03. The predicted molar refractivity (Wildman–Crippen MR) is 111 cm³/mol. The number of para-hydroxylation sites is 2. The SMILES string of the molecule is CCOc1ccccc1N1CCN(C(=O)NCCc2cccc(OC)c2)CC1. The standard InChI is InChI=1S/C22H29N3O3/c1-3-28-21-10-5-4-9-20(21)24-13-15-25(16-14-24)22(26)23-12-11-18-7-6-8-19(17-18)27-2/h4-10,17H,3,11-16H2,1-2H3,(H,23,26). The van der Waals surface area contributed by atoms with E-state index in [1.807, 2.05) is 54.3 Å². The van der Waals surface area contributed by atoms with Gasteiger partial charge in [0.15, 0.2) is 0 Å². The number of ether oxygens (including phenoxy) is 2. The number of rotatable bonds is 7. The van der Waals surface area contributed by atoms with Gasteiger partial charge >= 0.3 is 6.03 Å². The zero-order valence-electron chi connectivity index (χ0n) is 16.7. The first-order valence-corrected chi connectivity index (χ1v) is 9.83. The number of amides is 2. The normalized spacial score (nSPS) is 13.9. The van der Waals surface area contributed by atoms with Gasteiger partial charge in [-0.3, -0.25) is 0 Å². The lowest BCUT2D eigenvalue weighted by molar-refractivity contribution is 0.194.